The van der Waals surface area contributed by atoms with Crippen molar-refractivity contribution < 1.29 is 0 Å². The van der Waals surface area contributed by atoms with Gasteiger partial charge < -0.3 is 14.7 Å². The Bertz CT molecular complexity index is 6930. The van der Waals surface area contributed by atoms with Crippen LogP contribution in [0, 0.1) is 27.7 Å². The van der Waals surface area contributed by atoms with E-state index in [0.29, 0.717) is 0 Å². The van der Waals surface area contributed by atoms with E-state index < -0.39 is 5.41 Å². The Hall–Kier alpha value is -13.9. The van der Waals surface area contributed by atoms with Crippen LogP contribution in [0.15, 0.2) is 347 Å². The Morgan fingerprint density at radius 3 is 0.890 bits per heavy atom. The van der Waals surface area contributed by atoms with E-state index in [4.69, 9.17) is 24.9 Å². The first-order chi connectivity index (χ1) is 58.2. The topological polar surface area (TPSA) is 87.1 Å². The van der Waals surface area contributed by atoms with Crippen molar-refractivity contribution in [3.8, 4) is 0 Å². The minimum atomic E-state index is -0.602. The molecule has 0 saturated heterocycles. The van der Waals surface area contributed by atoms with Crippen molar-refractivity contribution in [1.82, 2.24) is 29.9 Å². The van der Waals surface area contributed by atoms with E-state index in [1.807, 2.05) is 31.0 Å². The number of hydrogen-bond acceptors (Lipinski definition) is 9. The predicted molar refractivity (Wildman–Crippen MR) is 493 cm³/mol. The first kappa shape index (κ1) is 68.5. The lowest BCUT2D eigenvalue weighted by Gasteiger charge is -2.53. The third-order valence-corrected chi connectivity index (χ3v) is 27.1. The summed E-state index contributed by atoms with van der Waals surface area (Å²) in [5.41, 5.74) is 47.7. The predicted octanol–water partition coefficient (Wildman–Crippen LogP) is 8.55. The summed E-state index contributed by atoms with van der Waals surface area (Å²) in [7, 11) is 0. The Morgan fingerprint density at radius 2 is 0.525 bits per heavy atom. The van der Waals surface area contributed by atoms with Gasteiger partial charge in [0.1, 0.15) is 0 Å². The Morgan fingerprint density at radius 1 is 0.237 bits per heavy atom. The quantitative estimate of drug-likeness (QED) is 0.112. The van der Waals surface area contributed by atoms with Crippen LogP contribution in [-0.2, 0) is 18.3 Å². The number of anilines is 9. The van der Waals surface area contributed by atoms with E-state index in [1.54, 1.807) is 0 Å². The number of para-hydroxylation sites is 3. The maximum atomic E-state index is 5.27. The number of rotatable bonds is 12. The molecule has 9 nitrogen and oxygen atoms in total. The average molecular weight is 1500 g/mol. The van der Waals surface area contributed by atoms with Crippen LogP contribution in [0.5, 0.6) is 0 Å². The molecule has 0 spiro atoms. The minimum absolute atomic E-state index is 0.0146. The van der Waals surface area contributed by atoms with Crippen LogP contribution < -0.4 is 113 Å². The van der Waals surface area contributed by atoms with Crippen LogP contribution in [0.2, 0.25) is 0 Å². The van der Waals surface area contributed by atoms with Gasteiger partial charge >= 0.3 is 0 Å². The maximum Gasteiger partial charge on any atom is 0.251 e. The van der Waals surface area contributed by atoms with Gasteiger partial charge in [0.2, 0.25) is 13.4 Å². The molecule has 7 aliphatic rings. The van der Waals surface area contributed by atoms with Gasteiger partial charge in [0.15, 0.2) is 0 Å². The van der Waals surface area contributed by atoms with Gasteiger partial charge in [0.25, 0.3) is 26.9 Å². The van der Waals surface area contributed by atoms with E-state index in [2.05, 4.69) is 364 Å². The minimum Gasteiger partial charge on any atom is -0.312 e. The van der Waals surface area contributed by atoms with Gasteiger partial charge in [-0.3, -0.25) is 29.9 Å². The summed E-state index contributed by atoms with van der Waals surface area (Å²) in [6.07, 6.45) is 26.0. The van der Waals surface area contributed by atoms with E-state index in [-0.39, 0.29) is 40.3 Å². The number of benzene rings is 11. The summed E-state index contributed by atoms with van der Waals surface area (Å²) in [6.45, 7) is 8.91. The molecule has 6 aromatic heterocycles. The molecule has 0 N–H and O–H groups in total. The fraction of sp³-hybridized carbons (Fsp3) is 0.0680. The van der Waals surface area contributed by atoms with E-state index in [0.717, 1.165) is 57.4 Å². The summed E-state index contributed by atoms with van der Waals surface area (Å²) < 4.78 is 0. The zero-order valence-corrected chi connectivity index (χ0v) is 65.8. The molecule has 0 bridgehead atoms. The zero-order valence-electron chi connectivity index (χ0n) is 65.8. The summed E-state index contributed by atoms with van der Waals surface area (Å²) in [4.78, 5) is 37.1. The van der Waals surface area contributed by atoms with Crippen LogP contribution in [-0.4, -0.2) is 70.2 Å². The fourth-order valence-electron chi connectivity index (χ4n) is 22.7. The molecule has 0 aliphatic carbocycles. The molecule has 548 valence electrons. The molecule has 15 heteroatoms. The lowest BCUT2D eigenvalue weighted by molar-refractivity contribution is 0.733. The Labute approximate surface area is 689 Å². The van der Waals surface area contributed by atoms with Crippen LogP contribution in [0.1, 0.15) is 66.8 Å². The summed E-state index contributed by atoms with van der Waals surface area (Å²) >= 11 is 0. The van der Waals surface area contributed by atoms with E-state index in [1.165, 1.54) is 172 Å². The van der Waals surface area contributed by atoms with Crippen molar-refractivity contribution in [3.63, 3.8) is 0 Å². The van der Waals surface area contributed by atoms with E-state index in [9.17, 15) is 0 Å². The molecule has 0 radical (unpaired) electrons. The van der Waals surface area contributed by atoms with Gasteiger partial charge in [-0.1, -0.05) is 304 Å². The highest BCUT2D eigenvalue weighted by Gasteiger charge is 2.55. The average Bonchev–Trinajstić information content (AvgIpc) is 0.665. The first-order valence-corrected chi connectivity index (χ1v) is 41.3. The van der Waals surface area contributed by atoms with Crippen molar-refractivity contribution in [2.45, 2.75) is 46.0 Å². The van der Waals surface area contributed by atoms with Crippen molar-refractivity contribution in [2.24, 2.45) is 0 Å². The number of aromatic nitrogens is 6. The molecule has 7 aliphatic heterocycles. The zero-order chi connectivity index (χ0) is 78.2. The molecule has 0 atom stereocenters. The molecule has 0 amide bonds. The third-order valence-electron chi connectivity index (χ3n) is 27.1. The molecule has 0 fully saturated rings. The number of hydrogen-bond donors (Lipinski definition) is 0. The number of fused-ring (bicyclic) bond motifs is 8. The summed E-state index contributed by atoms with van der Waals surface area (Å²) in [5.74, 6) is 0. The molecule has 0 saturated carbocycles. The maximum absolute atomic E-state index is 5.27. The summed E-state index contributed by atoms with van der Waals surface area (Å²) in [5, 5.41) is 0. The highest BCUT2D eigenvalue weighted by Crippen LogP contribution is 2.58. The molecule has 118 heavy (non-hydrogen) atoms. The number of pyridine rings is 6. The Balaban J connectivity index is 0.553. The highest BCUT2D eigenvalue weighted by molar-refractivity contribution is 7.05. The molecule has 11 aromatic carbocycles. The molecular weight excluding hydrogens is 1430 g/mol. The fourth-order valence-corrected chi connectivity index (χ4v) is 22.7. The van der Waals surface area contributed by atoms with Gasteiger partial charge in [-0.25, -0.2) is 0 Å². The molecule has 17 aromatic rings. The van der Waals surface area contributed by atoms with Gasteiger partial charge in [0.05, 0.1) is 5.41 Å². The van der Waals surface area contributed by atoms with Crippen LogP contribution in [0.3, 0.4) is 0 Å². The van der Waals surface area contributed by atoms with Gasteiger partial charge in [-0.2, -0.15) is 0 Å². The van der Waals surface area contributed by atoms with Crippen LogP contribution in [0.4, 0.5) is 51.2 Å². The van der Waals surface area contributed by atoms with Crippen LogP contribution >= 0.6 is 0 Å². The highest BCUT2D eigenvalue weighted by atomic mass is 15.2. The lowest BCUT2D eigenvalue weighted by Crippen LogP contribution is -2.66. The standard InChI is InChI=1S/C103H73B6N9/c1-64-50-70(54-68-34-38-76(39-35-68)105-81-31-18-29-79-99(81)118-98-78(103(79,72-20-9-5-10-21-72)73-22-11-6-12-23-73)28-17-30-80(98)104(74-24-13-7-14-25-74)82-32-19-33-83(105)100(82)118)51-65(2)96(64)108-86-58-112-48-44-94(86)117-95-45-49-113-59-87(95)109(91-63-115-62-90(108)102(91)117)97-66(3)52-71(53-67(97)4)55-69-36-40-77(41-37-69)107-85-57-111-47-43-93(85)116-92-42-46-110-56-84(92)106(75-26-15-8-16-27-75)88-60-114-61-89(107)101(88)116/h5-53,56-63H,54-55H2,1-4H3. The van der Waals surface area contributed by atoms with Crippen LogP contribution in [0.25, 0.3) is 0 Å². The molecule has 0 unspecified atom stereocenters. The lowest BCUT2D eigenvalue weighted by atomic mass is 9.29. The normalized spacial score (nSPS) is 14.1. The molecular formula is C103H73B6N9. The Kier molecular flexibility index (Phi) is 15.4. The van der Waals surface area contributed by atoms with Crippen molar-refractivity contribution in [2.75, 3.05) is 14.7 Å². The van der Waals surface area contributed by atoms with Gasteiger partial charge in [0, 0.05) is 126 Å². The number of nitrogens with zero attached hydrogens (tertiary/aromatic N) is 9. The number of aryl methyl sites for hydroxylation is 4. The molecule has 13 heterocycles. The monoisotopic (exact) mass is 1500 g/mol. The first-order valence-electron chi connectivity index (χ1n) is 41.3. The van der Waals surface area contributed by atoms with Crippen molar-refractivity contribution in [1.29, 1.82) is 0 Å². The smallest absolute Gasteiger partial charge is 0.251 e. The van der Waals surface area contributed by atoms with Gasteiger partial charge in [-0.15, -0.1) is 0 Å². The SMILES string of the molecule is Cc1cc(Cc2ccc(B3c4cnccc4N4c5ccncc5B(c5ccccc5)c5cncc3c54)cc2)cc(C)c1B1c2cnccc2N2c3ccncc3B(c3c(C)cc(Cc4ccc(B5c6cccc7c6N6c8c(cccc8C(c8ccccc8)(c8ccccc8)c8cccc5c86)B7c5ccccc5)cc4)cc3C)c3cncc1c32. The molecule has 24 rings (SSSR count). The second kappa shape index (κ2) is 26.6. The van der Waals surface area contributed by atoms with Crippen molar-refractivity contribution >= 4 is 190 Å². The largest absolute Gasteiger partial charge is 0.312 e. The van der Waals surface area contributed by atoms with Crippen molar-refractivity contribution in [3.05, 3.63) is 414 Å². The summed E-state index contributed by atoms with van der Waals surface area (Å²) in [6, 6.07) is 103. The second-order valence-corrected chi connectivity index (χ2v) is 33.4. The van der Waals surface area contributed by atoms with E-state index >= 15 is 0 Å². The van der Waals surface area contributed by atoms with Gasteiger partial charge in [-0.05, 0) is 175 Å². The third kappa shape index (κ3) is 9.94. The second-order valence-electron chi connectivity index (χ2n) is 33.4.